The summed E-state index contributed by atoms with van der Waals surface area (Å²) in [6, 6.07) is 1.94. The summed E-state index contributed by atoms with van der Waals surface area (Å²) in [6.45, 7) is 3.73. The molecular weight excluding hydrogens is 86.1 g/mol. The molecule has 0 spiro atoms. The van der Waals surface area contributed by atoms with Gasteiger partial charge in [0.05, 0.1) is 0 Å². The minimum atomic E-state index is 0.921. The zero-order chi connectivity index (χ0) is 4.85. The van der Waals surface area contributed by atoms with E-state index in [2.05, 4.69) is 11.8 Å². The van der Waals surface area contributed by atoms with Gasteiger partial charge in [0.1, 0.15) is 0 Å². The second-order valence-corrected chi connectivity index (χ2v) is 2.78. The van der Waals surface area contributed by atoms with E-state index in [1.807, 2.05) is 0 Å². The molecule has 0 bridgehead atoms. The Labute approximate surface area is 44.3 Å². The lowest BCUT2D eigenvalue weighted by molar-refractivity contribution is 0.456. The van der Waals surface area contributed by atoms with Crippen LogP contribution in [0, 0.1) is 0 Å². The second-order valence-electron chi connectivity index (χ2n) is 2.78. The molecule has 2 rings (SSSR count). The van der Waals surface area contributed by atoms with Crippen LogP contribution in [0.5, 0.6) is 0 Å². The van der Waals surface area contributed by atoms with E-state index < -0.39 is 0 Å². The van der Waals surface area contributed by atoms with Gasteiger partial charge in [-0.2, -0.15) is 0 Å². The molecule has 0 aromatic rings. The molecule has 0 amide bonds. The van der Waals surface area contributed by atoms with Crippen molar-refractivity contribution in [2.24, 2.45) is 0 Å². The van der Waals surface area contributed by atoms with Crippen LogP contribution in [0.4, 0.5) is 0 Å². The SMILES string of the molecule is C[C@@H]1CC[C@@H]2CN21. The highest BCUT2D eigenvalue weighted by atomic mass is 15.3. The summed E-state index contributed by atoms with van der Waals surface area (Å²) in [5, 5.41) is 0. The van der Waals surface area contributed by atoms with Gasteiger partial charge in [0, 0.05) is 18.6 Å². The van der Waals surface area contributed by atoms with Crippen molar-refractivity contribution in [3.05, 3.63) is 0 Å². The van der Waals surface area contributed by atoms with Crippen molar-refractivity contribution in [3.8, 4) is 0 Å². The fraction of sp³-hybridized carbons (Fsp3) is 1.00. The minimum absolute atomic E-state index is 0.921. The summed E-state index contributed by atoms with van der Waals surface area (Å²) in [7, 11) is 0. The third-order valence-electron chi connectivity index (χ3n) is 2.24. The smallest absolute Gasteiger partial charge is 0.0227 e. The van der Waals surface area contributed by atoms with E-state index in [1.54, 1.807) is 0 Å². The van der Waals surface area contributed by atoms with E-state index in [4.69, 9.17) is 0 Å². The lowest BCUT2D eigenvalue weighted by Crippen LogP contribution is -2.07. The summed E-state index contributed by atoms with van der Waals surface area (Å²) in [5.74, 6) is 0. The molecule has 0 aliphatic carbocycles. The van der Waals surface area contributed by atoms with E-state index in [0.717, 1.165) is 12.1 Å². The summed E-state index contributed by atoms with van der Waals surface area (Å²) in [5.41, 5.74) is 0. The van der Waals surface area contributed by atoms with Crippen LogP contribution in [0.3, 0.4) is 0 Å². The molecule has 7 heavy (non-hydrogen) atoms. The van der Waals surface area contributed by atoms with Gasteiger partial charge in [-0.05, 0) is 19.8 Å². The van der Waals surface area contributed by atoms with Gasteiger partial charge in [0.15, 0.2) is 0 Å². The number of fused-ring (bicyclic) bond motifs is 1. The van der Waals surface area contributed by atoms with Crippen LogP contribution in [0.1, 0.15) is 19.8 Å². The summed E-state index contributed by atoms with van der Waals surface area (Å²) in [6.07, 6.45) is 2.92. The topological polar surface area (TPSA) is 3.01 Å². The van der Waals surface area contributed by atoms with Crippen LogP contribution >= 0.6 is 0 Å². The number of nitrogens with zero attached hydrogens (tertiary/aromatic N) is 1. The number of hydrogen-bond acceptors (Lipinski definition) is 1. The lowest BCUT2D eigenvalue weighted by Gasteiger charge is -2.01. The van der Waals surface area contributed by atoms with Gasteiger partial charge in [-0.3, -0.25) is 4.90 Å². The molecule has 1 heteroatoms. The van der Waals surface area contributed by atoms with Gasteiger partial charge >= 0.3 is 0 Å². The maximum Gasteiger partial charge on any atom is 0.0227 e. The lowest BCUT2D eigenvalue weighted by atomic mass is 10.2. The first-order chi connectivity index (χ1) is 3.38. The molecule has 2 aliphatic rings. The van der Waals surface area contributed by atoms with Crippen LogP contribution in [0.25, 0.3) is 0 Å². The van der Waals surface area contributed by atoms with Crippen LogP contribution in [0.2, 0.25) is 0 Å². The van der Waals surface area contributed by atoms with Crippen molar-refractivity contribution in [1.82, 2.24) is 4.90 Å². The van der Waals surface area contributed by atoms with Crippen molar-refractivity contribution in [2.45, 2.75) is 31.8 Å². The van der Waals surface area contributed by atoms with E-state index in [9.17, 15) is 0 Å². The molecule has 0 aromatic carbocycles. The van der Waals surface area contributed by atoms with Gasteiger partial charge in [-0.1, -0.05) is 0 Å². The van der Waals surface area contributed by atoms with Crippen molar-refractivity contribution in [3.63, 3.8) is 0 Å². The van der Waals surface area contributed by atoms with E-state index in [0.29, 0.717) is 0 Å². The predicted molar refractivity (Wildman–Crippen MR) is 29.2 cm³/mol. The Morgan fingerprint density at radius 2 is 2.29 bits per heavy atom. The molecule has 2 fully saturated rings. The quantitative estimate of drug-likeness (QED) is 0.405. The molecule has 3 atom stereocenters. The molecule has 0 saturated carbocycles. The minimum Gasteiger partial charge on any atom is -0.295 e. The van der Waals surface area contributed by atoms with Crippen LogP contribution < -0.4 is 0 Å². The molecule has 0 N–H and O–H groups in total. The number of piperidine rings is 1. The first-order valence-corrected chi connectivity index (χ1v) is 3.13. The fourth-order valence-corrected chi connectivity index (χ4v) is 1.59. The molecular formula is C6H11N. The Balaban J connectivity index is 2.08. The highest BCUT2D eigenvalue weighted by molar-refractivity contribution is 4.98. The maximum absolute atomic E-state index is 2.57. The zero-order valence-electron chi connectivity index (χ0n) is 4.72. The highest BCUT2D eigenvalue weighted by Crippen LogP contribution is 2.34. The Morgan fingerprint density at radius 3 is 2.43 bits per heavy atom. The zero-order valence-corrected chi connectivity index (χ0v) is 4.72. The Morgan fingerprint density at radius 1 is 1.43 bits per heavy atom. The molecule has 1 unspecified atom stereocenters. The summed E-state index contributed by atoms with van der Waals surface area (Å²) in [4.78, 5) is 2.57. The predicted octanol–water partition coefficient (Wildman–Crippen LogP) is 0.853. The first kappa shape index (κ1) is 3.90. The van der Waals surface area contributed by atoms with Crippen LogP contribution in [0.15, 0.2) is 0 Å². The van der Waals surface area contributed by atoms with Crippen LogP contribution in [-0.2, 0) is 0 Å². The third-order valence-corrected chi connectivity index (χ3v) is 2.24. The number of hydrogen-bond donors (Lipinski definition) is 0. The van der Waals surface area contributed by atoms with E-state index >= 15 is 0 Å². The highest BCUT2D eigenvalue weighted by Gasteiger charge is 2.42. The van der Waals surface area contributed by atoms with Gasteiger partial charge in [0.2, 0.25) is 0 Å². The summed E-state index contributed by atoms with van der Waals surface area (Å²) >= 11 is 0. The fourth-order valence-electron chi connectivity index (χ4n) is 1.59. The largest absolute Gasteiger partial charge is 0.295 e. The van der Waals surface area contributed by atoms with E-state index in [1.165, 1.54) is 19.4 Å². The molecule has 40 valence electrons. The molecule has 1 nitrogen and oxygen atoms in total. The van der Waals surface area contributed by atoms with Crippen LogP contribution in [-0.4, -0.2) is 23.5 Å². The second kappa shape index (κ2) is 1.03. The first-order valence-electron chi connectivity index (χ1n) is 3.13. The van der Waals surface area contributed by atoms with Crippen molar-refractivity contribution in [1.29, 1.82) is 0 Å². The maximum atomic E-state index is 2.57. The normalized spacial score (nSPS) is 57.0. The van der Waals surface area contributed by atoms with Gasteiger partial charge in [-0.25, -0.2) is 0 Å². The Bertz CT molecular complexity index is 90.2. The van der Waals surface area contributed by atoms with Gasteiger partial charge < -0.3 is 0 Å². The molecule has 2 saturated heterocycles. The van der Waals surface area contributed by atoms with Gasteiger partial charge in [0.25, 0.3) is 0 Å². The van der Waals surface area contributed by atoms with E-state index in [-0.39, 0.29) is 0 Å². The Kier molecular flexibility index (Phi) is 0.571. The van der Waals surface area contributed by atoms with Crippen molar-refractivity contribution in [2.75, 3.05) is 6.54 Å². The molecule has 2 aliphatic heterocycles. The molecule has 0 aromatic heterocycles. The average molecular weight is 97.2 g/mol. The average Bonchev–Trinajstić information content (AvgIpc) is 2.33. The monoisotopic (exact) mass is 97.1 g/mol. The van der Waals surface area contributed by atoms with Gasteiger partial charge in [-0.15, -0.1) is 0 Å². The number of rotatable bonds is 0. The third kappa shape index (κ3) is 0.418. The summed E-state index contributed by atoms with van der Waals surface area (Å²) < 4.78 is 0. The standard InChI is InChI=1S/C6H11N/c1-5-2-3-6-4-7(5)6/h5-6H,2-4H2,1H3/t5-,6-,7?/m1/s1. The van der Waals surface area contributed by atoms with Crippen molar-refractivity contribution < 1.29 is 0 Å². The Hall–Kier alpha value is -0.0400. The molecule has 0 radical (unpaired) electrons. The van der Waals surface area contributed by atoms with Crippen molar-refractivity contribution >= 4 is 0 Å². The molecule has 2 heterocycles.